The highest BCUT2D eigenvalue weighted by Crippen LogP contribution is 2.23. The van der Waals surface area contributed by atoms with Crippen molar-refractivity contribution in [1.82, 2.24) is 5.32 Å². The first-order valence-electron chi connectivity index (χ1n) is 11.6. The van der Waals surface area contributed by atoms with Crippen LogP contribution in [0.25, 0.3) is 0 Å². The van der Waals surface area contributed by atoms with Gasteiger partial charge in [0, 0.05) is 12.0 Å². The van der Waals surface area contributed by atoms with E-state index in [1.165, 1.54) is 0 Å². The lowest BCUT2D eigenvalue weighted by atomic mass is 9.97. The predicted molar refractivity (Wildman–Crippen MR) is 134 cm³/mol. The van der Waals surface area contributed by atoms with Crippen molar-refractivity contribution < 1.29 is 19.4 Å². The highest BCUT2D eigenvalue weighted by molar-refractivity contribution is 5.96. The zero-order valence-electron chi connectivity index (χ0n) is 20.3. The minimum atomic E-state index is -0.914. The molecule has 1 unspecified atom stereocenters. The Bertz CT molecular complexity index is 1240. The highest BCUT2D eigenvalue weighted by Gasteiger charge is 2.18. The number of aliphatic carboxylic acids is 1. The molecule has 0 aliphatic carbocycles. The van der Waals surface area contributed by atoms with Crippen molar-refractivity contribution in [1.29, 1.82) is 5.26 Å². The minimum Gasteiger partial charge on any atom is -0.489 e. The number of carboxylic acid groups (broad SMARTS) is 1. The van der Waals surface area contributed by atoms with Gasteiger partial charge < -0.3 is 15.2 Å². The molecule has 3 aromatic carbocycles. The van der Waals surface area contributed by atoms with Crippen molar-refractivity contribution in [3.63, 3.8) is 0 Å². The molecule has 0 spiro atoms. The number of aryl methyl sites for hydroxylation is 3. The summed E-state index contributed by atoms with van der Waals surface area (Å²) >= 11 is 0. The van der Waals surface area contributed by atoms with Crippen LogP contribution in [-0.2, 0) is 17.8 Å². The first-order chi connectivity index (χ1) is 16.8. The Balaban J connectivity index is 1.85. The van der Waals surface area contributed by atoms with Crippen LogP contribution in [0, 0.1) is 25.2 Å². The molecule has 0 saturated carbocycles. The molecule has 0 aliphatic rings. The summed E-state index contributed by atoms with van der Waals surface area (Å²) in [6, 6.07) is 20.4. The van der Waals surface area contributed by atoms with Crippen LogP contribution in [0.3, 0.4) is 0 Å². The van der Waals surface area contributed by atoms with Gasteiger partial charge in [-0.05, 0) is 67.6 Å². The summed E-state index contributed by atoms with van der Waals surface area (Å²) < 4.78 is 5.83. The summed E-state index contributed by atoms with van der Waals surface area (Å²) in [7, 11) is 0. The van der Waals surface area contributed by atoms with Gasteiger partial charge >= 0.3 is 5.97 Å². The lowest BCUT2D eigenvalue weighted by Crippen LogP contribution is -2.29. The van der Waals surface area contributed by atoms with Crippen LogP contribution in [-0.4, -0.2) is 17.0 Å². The number of ether oxygens (including phenoxy) is 1. The summed E-state index contributed by atoms with van der Waals surface area (Å²) in [6.07, 6.45) is 0.909. The Labute approximate surface area is 206 Å². The topological polar surface area (TPSA) is 99.4 Å². The van der Waals surface area contributed by atoms with E-state index in [-0.39, 0.29) is 31.4 Å². The van der Waals surface area contributed by atoms with Crippen LogP contribution in [0.15, 0.2) is 60.7 Å². The maximum absolute atomic E-state index is 13.4. The molecule has 180 valence electrons. The van der Waals surface area contributed by atoms with Crippen LogP contribution in [0.1, 0.15) is 69.5 Å². The van der Waals surface area contributed by atoms with E-state index in [9.17, 15) is 9.59 Å². The molecule has 0 aromatic heterocycles. The number of nitrogens with one attached hydrogen (secondary N) is 1. The Kier molecular flexibility index (Phi) is 8.63. The van der Waals surface area contributed by atoms with E-state index >= 15 is 0 Å². The molecule has 1 amide bonds. The molecular formula is C29H30N2O4. The summed E-state index contributed by atoms with van der Waals surface area (Å²) in [5.74, 6) is -0.599. The molecule has 0 aliphatic heterocycles. The van der Waals surface area contributed by atoms with Crippen molar-refractivity contribution in [3.05, 3.63) is 99.6 Å². The number of amides is 1. The van der Waals surface area contributed by atoms with Gasteiger partial charge in [-0.15, -0.1) is 0 Å². The van der Waals surface area contributed by atoms with Gasteiger partial charge in [0.05, 0.1) is 17.7 Å². The quantitative estimate of drug-likeness (QED) is 0.399. The number of carboxylic acids is 1. The highest BCUT2D eigenvalue weighted by atomic mass is 16.5. The lowest BCUT2D eigenvalue weighted by molar-refractivity contribution is -0.136. The second-order valence-electron chi connectivity index (χ2n) is 8.67. The molecular weight excluding hydrogens is 440 g/mol. The van der Waals surface area contributed by atoms with Crippen LogP contribution in [0.4, 0.5) is 0 Å². The van der Waals surface area contributed by atoms with E-state index in [0.29, 0.717) is 22.4 Å². The number of benzene rings is 3. The normalized spacial score (nSPS) is 11.4. The summed E-state index contributed by atoms with van der Waals surface area (Å²) in [6.45, 7) is 6.30. The van der Waals surface area contributed by atoms with Gasteiger partial charge in [-0.25, -0.2) is 0 Å². The Hall–Kier alpha value is -4.11. The second kappa shape index (κ2) is 11.8. The van der Waals surface area contributed by atoms with Gasteiger partial charge in [0.2, 0.25) is 0 Å². The van der Waals surface area contributed by atoms with Crippen molar-refractivity contribution in [2.45, 2.75) is 52.7 Å². The molecule has 1 atom stereocenters. The van der Waals surface area contributed by atoms with Crippen LogP contribution < -0.4 is 10.1 Å². The standard InChI is InChI=1S/C29H30N2O4/c1-4-27(24-13-19(2)12-20(3)14-24)31-29(34)26-16-22(8-9-23(26)10-11-28(32)33)18-35-25-7-5-6-21(15-25)17-30/h5-9,12-16,27H,4,10-11,18H2,1-3H3,(H,31,34)(H,32,33). The molecule has 0 saturated heterocycles. The number of hydrogen-bond donors (Lipinski definition) is 2. The largest absolute Gasteiger partial charge is 0.489 e. The van der Waals surface area contributed by atoms with E-state index in [0.717, 1.165) is 28.7 Å². The predicted octanol–water partition coefficient (Wildman–Crippen LogP) is 5.65. The average Bonchev–Trinajstić information content (AvgIpc) is 2.84. The van der Waals surface area contributed by atoms with Crippen molar-refractivity contribution in [3.8, 4) is 11.8 Å². The Morgan fingerprint density at radius 2 is 1.80 bits per heavy atom. The summed E-state index contributed by atoms with van der Waals surface area (Å²) in [5.41, 5.74) is 5.71. The minimum absolute atomic E-state index is 0.0641. The maximum atomic E-state index is 13.4. The summed E-state index contributed by atoms with van der Waals surface area (Å²) in [4.78, 5) is 24.6. The van der Waals surface area contributed by atoms with Crippen LogP contribution in [0.2, 0.25) is 0 Å². The molecule has 3 rings (SSSR count). The molecule has 0 bridgehead atoms. The van der Waals surface area contributed by atoms with E-state index in [1.54, 1.807) is 36.4 Å². The molecule has 2 N–H and O–H groups in total. The van der Waals surface area contributed by atoms with Crippen molar-refractivity contribution in [2.24, 2.45) is 0 Å². The molecule has 0 fully saturated rings. The average molecular weight is 471 g/mol. The van der Waals surface area contributed by atoms with Crippen LogP contribution >= 0.6 is 0 Å². The van der Waals surface area contributed by atoms with E-state index in [4.69, 9.17) is 15.1 Å². The zero-order valence-corrected chi connectivity index (χ0v) is 20.3. The van der Waals surface area contributed by atoms with Gasteiger partial charge in [0.25, 0.3) is 5.91 Å². The number of rotatable bonds is 10. The van der Waals surface area contributed by atoms with Gasteiger partial charge in [-0.3, -0.25) is 9.59 Å². The third kappa shape index (κ3) is 7.18. The Morgan fingerprint density at radius 1 is 1.06 bits per heavy atom. The number of nitriles is 1. The number of carbonyl (C=O) groups excluding carboxylic acids is 1. The van der Waals surface area contributed by atoms with Gasteiger partial charge in [0.1, 0.15) is 12.4 Å². The van der Waals surface area contributed by atoms with E-state index in [1.807, 2.05) is 26.8 Å². The van der Waals surface area contributed by atoms with Gasteiger partial charge in [0.15, 0.2) is 0 Å². The molecule has 0 radical (unpaired) electrons. The molecule has 6 nitrogen and oxygen atoms in total. The second-order valence-corrected chi connectivity index (χ2v) is 8.67. The first-order valence-corrected chi connectivity index (χ1v) is 11.6. The summed E-state index contributed by atoms with van der Waals surface area (Å²) in [5, 5.41) is 21.4. The molecule has 0 heterocycles. The third-order valence-electron chi connectivity index (χ3n) is 5.76. The fourth-order valence-corrected chi connectivity index (χ4v) is 4.07. The molecule has 35 heavy (non-hydrogen) atoms. The number of nitrogens with zero attached hydrogens (tertiary/aromatic N) is 1. The van der Waals surface area contributed by atoms with Crippen molar-refractivity contribution in [2.75, 3.05) is 0 Å². The monoisotopic (exact) mass is 470 g/mol. The zero-order chi connectivity index (χ0) is 25.4. The Morgan fingerprint density at radius 3 is 2.46 bits per heavy atom. The maximum Gasteiger partial charge on any atom is 0.303 e. The van der Waals surface area contributed by atoms with Crippen LogP contribution in [0.5, 0.6) is 5.75 Å². The van der Waals surface area contributed by atoms with Crippen molar-refractivity contribution >= 4 is 11.9 Å². The number of hydrogen-bond acceptors (Lipinski definition) is 4. The van der Waals surface area contributed by atoms with Gasteiger partial charge in [-0.2, -0.15) is 5.26 Å². The number of carbonyl (C=O) groups is 2. The lowest BCUT2D eigenvalue weighted by Gasteiger charge is -2.20. The molecule has 3 aromatic rings. The fourth-order valence-electron chi connectivity index (χ4n) is 4.07. The third-order valence-corrected chi connectivity index (χ3v) is 5.76. The SMILES string of the molecule is CCC(NC(=O)c1cc(COc2cccc(C#N)c2)ccc1CCC(=O)O)c1cc(C)cc(C)c1. The van der Waals surface area contributed by atoms with E-state index in [2.05, 4.69) is 29.6 Å². The fraction of sp³-hybridized carbons (Fsp3) is 0.276. The smallest absolute Gasteiger partial charge is 0.303 e. The van der Waals surface area contributed by atoms with E-state index < -0.39 is 5.97 Å². The van der Waals surface area contributed by atoms with Gasteiger partial charge in [-0.1, -0.05) is 54.4 Å². The molecule has 6 heteroatoms. The first kappa shape index (κ1) is 25.5.